The van der Waals surface area contributed by atoms with Crippen LogP contribution < -0.4 is 21.3 Å². The quantitative estimate of drug-likeness (QED) is 0.595. The summed E-state index contributed by atoms with van der Waals surface area (Å²) in [5.74, 6) is 0.191. The fourth-order valence-corrected chi connectivity index (χ4v) is 3.03. The summed E-state index contributed by atoms with van der Waals surface area (Å²) in [4.78, 5) is 28.2. The summed E-state index contributed by atoms with van der Waals surface area (Å²) in [5, 5.41) is 11.9. The largest absolute Gasteiger partial charge is 0.352 e. The maximum absolute atomic E-state index is 12.2. The highest BCUT2D eigenvalue weighted by molar-refractivity contribution is 5.89. The second-order valence-corrected chi connectivity index (χ2v) is 6.61. The third-order valence-corrected chi connectivity index (χ3v) is 4.56. The third-order valence-electron chi connectivity index (χ3n) is 4.56. The van der Waals surface area contributed by atoms with Crippen LogP contribution >= 0.6 is 12.4 Å². The zero-order valence-electron chi connectivity index (χ0n) is 15.6. The molecule has 0 bridgehead atoms. The minimum absolute atomic E-state index is 0. The van der Waals surface area contributed by atoms with Gasteiger partial charge in [-0.15, -0.1) is 12.4 Å². The summed E-state index contributed by atoms with van der Waals surface area (Å²) in [6, 6.07) is 10.9. The first kappa shape index (κ1) is 21.7. The van der Waals surface area contributed by atoms with Crippen LogP contribution in [0.4, 0.5) is 10.5 Å². The van der Waals surface area contributed by atoms with Crippen molar-refractivity contribution in [3.63, 3.8) is 0 Å². The fourth-order valence-electron chi connectivity index (χ4n) is 3.03. The van der Waals surface area contributed by atoms with Gasteiger partial charge in [-0.25, -0.2) is 4.79 Å². The summed E-state index contributed by atoms with van der Waals surface area (Å²) in [5.41, 5.74) is 2.62. The average molecular weight is 404 g/mol. The van der Waals surface area contributed by atoms with Gasteiger partial charge in [-0.05, 0) is 61.3 Å². The Labute approximate surface area is 171 Å². The lowest BCUT2D eigenvalue weighted by atomic mass is 9.97. The molecule has 1 aliphatic rings. The van der Waals surface area contributed by atoms with Crippen LogP contribution in [0.2, 0.25) is 0 Å². The molecule has 3 amide bonds. The first-order chi connectivity index (χ1) is 13.2. The van der Waals surface area contributed by atoms with Crippen molar-refractivity contribution in [1.29, 1.82) is 0 Å². The Kier molecular flexibility index (Phi) is 8.71. The molecule has 0 radical (unpaired) electrons. The number of rotatable bonds is 6. The number of nitrogens with one attached hydrogen (secondary N) is 4. The highest BCUT2D eigenvalue weighted by Gasteiger charge is 2.20. The van der Waals surface area contributed by atoms with Crippen molar-refractivity contribution in [2.24, 2.45) is 5.92 Å². The van der Waals surface area contributed by atoms with E-state index in [-0.39, 0.29) is 30.3 Å². The van der Waals surface area contributed by atoms with E-state index < -0.39 is 0 Å². The summed E-state index contributed by atoms with van der Waals surface area (Å²) >= 11 is 0. The van der Waals surface area contributed by atoms with Crippen molar-refractivity contribution < 1.29 is 9.59 Å². The van der Waals surface area contributed by atoms with Crippen LogP contribution in [0.15, 0.2) is 48.8 Å². The molecule has 1 aliphatic heterocycles. The molecule has 0 unspecified atom stereocenters. The van der Waals surface area contributed by atoms with Gasteiger partial charge in [-0.3, -0.25) is 9.78 Å². The predicted molar refractivity (Wildman–Crippen MR) is 111 cm³/mol. The van der Waals surface area contributed by atoms with Crippen molar-refractivity contribution in [2.45, 2.75) is 25.9 Å². The molecule has 3 rings (SSSR count). The second-order valence-electron chi connectivity index (χ2n) is 6.61. The molecule has 1 fully saturated rings. The normalized spacial score (nSPS) is 13.9. The standard InChI is InChI=1S/C20H25N5O2.ClH/c26-19(17-6-10-22-11-7-17)23-14-16-2-1-3-18(12-16)25-20(27)24-13-15-4-8-21-9-5-15;/h1-5,8-9,12,17,22H,6-7,10-11,13-14H2,(H,23,26)(H2,24,25,27);1H. The number of hydrogen-bond donors (Lipinski definition) is 4. The third kappa shape index (κ3) is 6.83. The minimum atomic E-state index is -0.275. The Hall–Kier alpha value is -2.64. The number of carbonyl (C=O) groups is 2. The SMILES string of the molecule is Cl.O=C(NCc1ccncc1)Nc1cccc(CNC(=O)C2CCNCC2)c1. The number of carbonyl (C=O) groups excluding carboxylic acids is 2. The predicted octanol–water partition coefficient (Wildman–Crippen LogP) is 2.44. The molecule has 150 valence electrons. The second kappa shape index (κ2) is 11.3. The van der Waals surface area contributed by atoms with Crippen molar-refractivity contribution >= 4 is 30.0 Å². The van der Waals surface area contributed by atoms with Crippen LogP contribution in [-0.4, -0.2) is 30.0 Å². The van der Waals surface area contributed by atoms with Gasteiger partial charge in [0.15, 0.2) is 0 Å². The van der Waals surface area contributed by atoms with E-state index in [4.69, 9.17) is 0 Å². The number of aromatic nitrogens is 1. The van der Waals surface area contributed by atoms with E-state index in [1.165, 1.54) is 0 Å². The Morgan fingerprint density at radius 2 is 1.71 bits per heavy atom. The number of nitrogens with zero attached hydrogens (tertiary/aromatic N) is 1. The summed E-state index contributed by atoms with van der Waals surface area (Å²) in [6.07, 6.45) is 5.14. The molecule has 2 aromatic rings. The summed E-state index contributed by atoms with van der Waals surface area (Å²) < 4.78 is 0. The Balaban J connectivity index is 0.00000280. The van der Waals surface area contributed by atoms with Crippen molar-refractivity contribution in [3.8, 4) is 0 Å². The number of piperidine rings is 1. The van der Waals surface area contributed by atoms with Crippen LogP contribution in [-0.2, 0) is 17.9 Å². The molecule has 0 spiro atoms. The monoisotopic (exact) mass is 403 g/mol. The molecule has 4 N–H and O–H groups in total. The lowest BCUT2D eigenvalue weighted by Gasteiger charge is -2.21. The van der Waals surface area contributed by atoms with Gasteiger partial charge in [-0.2, -0.15) is 0 Å². The van der Waals surface area contributed by atoms with Gasteiger partial charge in [-0.1, -0.05) is 12.1 Å². The van der Waals surface area contributed by atoms with Gasteiger partial charge in [0.25, 0.3) is 0 Å². The molecule has 28 heavy (non-hydrogen) atoms. The van der Waals surface area contributed by atoms with Gasteiger partial charge in [0.1, 0.15) is 0 Å². The van der Waals surface area contributed by atoms with Crippen molar-refractivity contribution in [2.75, 3.05) is 18.4 Å². The first-order valence-electron chi connectivity index (χ1n) is 9.22. The zero-order chi connectivity index (χ0) is 18.9. The van der Waals surface area contributed by atoms with Crippen molar-refractivity contribution in [3.05, 3.63) is 59.9 Å². The average Bonchev–Trinajstić information content (AvgIpc) is 2.72. The Morgan fingerprint density at radius 3 is 2.46 bits per heavy atom. The molecule has 1 aromatic carbocycles. The molecule has 7 nitrogen and oxygen atoms in total. The molecular formula is C20H26ClN5O2. The molecule has 2 heterocycles. The highest BCUT2D eigenvalue weighted by atomic mass is 35.5. The maximum atomic E-state index is 12.2. The number of pyridine rings is 1. The molecule has 0 saturated carbocycles. The summed E-state index contributed by atoms with van der Waals surface area (Å²) in [7, 11) is 0. The van der Waals surface area contributed by atoms with Crippen LogP contribution in [0.1, 0.15) is 24.0 Å². The molecule has 1 aromatic heterocycles. The zero-order valence-corrected chi connectivity index (χ0v) is 16.4. The number of anilines is 1. The molecule has 8 heteroatoms. The summed E-state index contributed by atoms with van der Waals surface area (Å²) in [6.45, 7) is 2.68. The number of hydrogen-bond acceptors (Lipinski definition) is 4. The number of benzene rings is 1. The van der Waals surface area contributed by atoms with E-state index in [0.717, 1.165) is 37.1 Å². The Morgan fingerprint density at radius 1 is 1.00 bits per heavy atom. The van der Waals surface area contributed by atoms with E-state index >= 15 is 0 Å². The molecule has 1 saturated heterocycles. The first-order valence-corrected chi connectivity index (χ1v) is 9.22. The number of urea groups is 1. The minimum Gasteiger partial charge on any atom is -0.352 e. The van der Waals surface area contributed by atoms with Crippen LogP contribution in [0, 0.1) is 5.92 Å². The maximum Gasteiger partial charge on any atom is 0.319 e. The van der Waals surface area contributed by atoms with Gasteiger partial charge in [0, 0.05) is 37.1 Å². The van der Waals surface area contributed by atoms with Crippen molar-refractivity contribution in [1.82, 2.24) is 20.9 Å². The van der Waals surface area contributed by atoms with Gasteiger partial charge >= 0.3 is 6.03 Å². The Bertz CT molecular complexity index is 766. The van der Waals surface area contributed by atoms with E-state index in [9.17, 15) is 9.59 Å². The van der Waals surface area contributed by atoms with Gasteiger partial charge < -0.3 is 21.3 Å². The topological polar surface area (TPSA) is 95.2 Å². The fraction of sp³-hybridized carbons (Fsp3) is 0.350. The van der Waals surface area contributed by atoms with Gasteiger partial charge in [0.05, 0.1) is 0 Å². The van der Waals surface area contributed by atoms with Crippen LogP contribution in [0.5, 0.6) is 0 Å². The van der Waals surface area contributed by atoms with E-state index in [1.807, 2.05) is 36.4 Å². The van der Waals surface area contributed by atoms with E-state index in [1.54, 1.807) is 12.4 Å². The lowest BCUT2D eigenvalue weighted by molar-refractivity contribution is -0.125. The lowest BCUT2D eigenvalue weighted by Crippen LogP contribution is -2.37. The molecular weight excluding hydrogens is 378 g/mol. The van der Waals surface area contributed by atoms with Gasteiger partial charge in [0.2, 0.25) is 5.91 Å². The highest BCUT2D eigenvalue weighted by Crippen LogP contribution is 2.13. The number of amides is 3. The number of halogens is 1. The van der Waals surface area contributed by atoms with Crippen LogP contribution in [0.3, 0.4) is 0 Å². The van der Waals surface area contributed by atoms with Crippen LogP contribution in [0.25, 0.3) is 0 Å². The molecule has 0 aliphatic carbocycles. The molecule has 0 atom stereocenters. The van der Waals surface area contributed by atoms with E-state index in [0.29, 0.717) is 18.8 Å². The smallest absolute Gasteiger partial charge is 0.319 e. The van der Waals surface area contributed by atoms with E-state index in [2.05, 4.69) is 26.3 Å².